The van der Waals surface area contributed by atoms with Crippen molar-refractivity contribution in [2.24, 2.45) is 5.73 Å². The van der Waals surface area contributed by atoms with Gasteiger partial charge in [-0.2, -0.15) is 0 Å². The van der Waals surface area contributed by atoms with E-state index in [0.717, 1.165) is 15.7 Å². The third kappa shape index (κ3) is 3.34. The molecule has 92 valence electrons. The summed E-state index contributed by atoms with van der Waals surface area (Å²) in [4.78, 5) is 10.9. The van der Waals surface area contributed by atoms with Gasteiger partial charge in [0.2, 0.25) is 5.91 Å². The van der Waals surface area contributed by atoms with Crippen molar-refractivity contribution in [1.29, 1.82) is 0 Å². The molecule has 0 fully saturated rings. The lowest BCUT2D eigenvalue weighted by Gasteiger charge is -2.07. The smallest absolute Gasteiger partial charge is 0.248 e. The first-order valence-electron chi connectivity index (χ1n) is 5.53. The number of benzene rings is 2. The topological polar surface area (TPSA) is 55.1 Å². The van der Waals surface area contributed by atoms with E-state index in [1.165, 1.54) is 0 Å². The Morgan fingerprint density at radius 3 is 2.22 bits per heavy atom. The number of halogens is 1. The molecule has 0 aliphatic rings. The molecule has 0 radical (unpaired) electrons. The molecule has 0 atom stereocenters. The van der Waals surface area contributed by atoms with E-state index >= 15 is 0 Å². The number of nitrogens with two attached hydrogens (primary N) is 1. The summed E-state index contributed by atoms with van der Waals surface area (Å²) < 4.78 is 1.05. The van der Waals surface area contributed by atoms with Gasteiger partial charge in [0.05, 0.1) is 0 Å². The van der Waals surface area contributed by atoms with Gasteiger partial charge in [0.25, 0.3) is 0 Å². The largest absolute Gasteiger partial charge is 0.381 e. The molecule has 3 nitrogen and oxygen atoms in total. The highest BCUT2D eigenvalue weighted by Gasteiger charge is 1.99. The van der Waals surface area contributed by atoms with Crippen molar-refractivity contribution in [2.75, 3.05) is 5.32 Å². The monoisotopic (exact) mass is 304 g/mol. The molecule has 2 rings (SSSR count). The van der Waals surface area contributed by atoms with Crippen LogP contribution in [-0.2, 0) is 6.54 Å². The van der Waals surface area contributed by atoms with Gasteiger partial charge < -0.3 is 11.1 Å². The minimum absolute atomic E-state index is 0.401. The molecule has 0 saturated heterocycles. The van der Waals surface area contributed by atoms with Crippen LogP contribution in [0.25, 0.3) is 0 Å². The van der Waals surface area contributed by atoms with Crippen molar-refractivity contribution < 1.29 is 4.79 Å². The second-order valence-corrected chi connectivity index (χ2v) is 4.84. The Kier molecular flexibility index (Phi) is 3.99. The lowest BCUT2D eigenvalue weighted by molar-refractivity contribution is 0.100. The van der Waals surface area contributed by atoms with Gasteiger partial charge in [-0.05, 0) is 42.0 Å². The molecule has 3 N–H and O–H groups in total. The maximum Gasteiger partial charge on any atom is 0.248 e. The van der Waals surface area contributed by atoms with E-state index in [9.17, 15) is 4.79 Å². The van der Waals surface area contributed by atoms with Crippen LogP contribution in [-0.4, -0.2) is 5.91 Å². The number of anilines is 1. The molecular weight excluding hydrogens is 292 g/mol. The van der Waals surface area contributed by atoms with Crippen LogP contribution in [0.15, 0.2) is 53.0 Å². The Hall–Kier alpha value is -1.81. The van der Waals surface area contributed by atoms with Gasteiger partial charge >= 0.3 is 0 Å². The van der Waals surface area contributed by atoms with Crippen LogP contribution in [0.3, 0.4) is 0 Å². The van der Waals surface area contributed by atoms with Crippen molar-refractivity contribution in [3.8, 4) is 0 Å². The van der Waals surface area contributed by atoms with E-state index in [1.807, 2.05) is 36.4 Å². The summed E-state index contributed by atoms with van der Waals surface area (Å²) in [6, 6.07) is 15.2. The highest BCUT2D eigenvalue weighted by Crippen LogP contribution is 2.15. The van der Waals surface area contributed by atoms with Crippen molar-refractivity contribution in [2.45, 2.75) is 6.54 Å². The highest BCUT2D eigenvalue weighted by atomic mass is 79.9. The Morgan fingerprint density at radius 1 is 1.06 bits per heavy atom. The number of carbonyl (C=O) groups is 1. The van der Waals surface area contributed by atoms with E-state index < -0.39 is 5.91 Å². The quantitative estimate of drug-likeness (QED) is 0.911. The number of hydrogen-bond acceptors (Lipinski definition) is 2. The Morgan fingerprint density at radius 2 is 1.67 bits per heavy atom. The van der Waals surface area contributed by atoms with Crippen LogP contribution in [0, 0.1) is 0 Å². The fourth-order valence-electron chi connectivity index (χ4n) is 1.56. The maximum absolute atomic E-state index is 10.9. The predicted molar refractivity (Wildman–Crippen MR) is 76.4 cm³/mol. The average Bonchev–Trinajstić information content (AvgIpc) is 2.38. The first kappa shape index (κ1) is 12.6. The van der Waals surface area contributed by atoms with Crippen LogP contribution in [0.2, 0.25) is 0 Å². The lowest BCUT2D eigenvalue weighted by atomic mass is 10.1. The Labute approximate surface area is 114 Å². The number of primary amides is 1. The zero-order valence-corrected chi connectivity index (χ0v) is 11.3. The van der Waals surface area contributed by atoms with Crippen LogP contribution >= 0.6 is 15.9 Å². The molecular formula is C14H13BrN2O. The van der Waals surface area contributed by atoms with Crippen molar-refractivity contribution in [3.05, 3.63) is 64.1 Å². The normalized spacial score (nSPS) is 10.1. The highest BCUT2D eigenvalue weighted by molar-refractivity contribution is 9.10. The van der Waals surface area contributed by atoms with E-state index in [2.05, 4.69) is 21.2 Å². The van der Waals surface area contributed by atoms with E-state index in [1.54, 1.807) is 12.1 Å². The molecule has 0 saturated carbocycles. The van der Waals surface area contributed by atoms with Crippen molar-refractivity contribution in [3.63, 3.8) is 0 Å². The van der Waals surface area contributed by atoms with Crippen LogP contribution in [0.1, 0.15) is 15.9 Å². The predicted octanol–water partition coefficient (Wildman–Crippen LogP) is 3.16. The molecule has 0 unspecified atom stereocenters. The van der Waals surface area contributed by atoms with E-state index in [4.69, 9.17) is 5.73 Å². The van der Waals surface area contributed by atoms with Gasteiger partial charge in [0.15, 0.2) is 0 Å². The summed E-state index contributed by atoms with van der Waals surface area (Å²) >= 11 is 3.39. The van der Waals surface area contributed by atoms with Gasteiger partial charge in [-0.25, -0.2) is 0 Å². The summed E-state index contributed by atoms with van der Waals surface area (Å²) in [6.07, 6.45) is 0. The third-order valence-corrected chi connectivity index (χ3v) is 3.11. The van der Waals surface area contributed by atoms with Gasteiger partial charge in [0.1, 0.15) is 0 Å². The second kappa shape index (κ2) is 5.69. The summed E-state index contributed by atoms with van der Waals surface area (Å²) in [7, 11) is 0. The second-order valence-electron chi connectivity index (χ2n) is 3.92. The number of carbonyl (C=O) groups excluding carboxylic acids is 1. The third-order valence-electron chi connectivity index (χ3n) is 2.58. The zero-order chi connectivity index (χ0) is 13.0. The van der Waals surface area contributed by atoms with E-state index in [-0.39, 0.29) is 0 Å². The molecule has 0 aromatic heterocycles. The molecule has 4 heteroatoms. The molecule has 1 amide bonds. The molecule has 0 aliphatic carbocycles. The zero-order valence-electron chi connectivity index (χ0n) is 9.69. The van der Waals surface area contributed by atoms with Crippen LogP contribution < -0.4 is 11.1 Å². The maximum atomic E-state index is 10.9. The fraction of sp³-hybridized carbons (Fsp3) is 0.0714. The summed E-state index contributed by atoms with van der Waals surface area (Å²) in [5.74, 6) is -0.401. The SMILES string of the molecule is NC(=O)c1ccc(CNc2ccc(Br)cc2)cc1. The number of hydrogen-bond donors (Lipinski definition) is 2. The van der Waals surface area contributed by atoms with Crippen LogP contribution in [0.5, 0.6) is 0 Å². The number of rotatable bonds is 4. The first-order chi connectivity index (χ1) is 8.65. The fourth-order valence-corrected chi connectivity index (χ4v) is 1.82. The standard InChI is InChI=1S/C14H13BrN2O/c15-12-5-7-13(8-6-12)17-9-10-1-3-11(4-2-10)14(16)18/h1-8,17H,9H2,(H2,16,18). The summed E-state index contributed by atoms with van der Waals surface area (Å²) in [6.45, 7) is 0.709. The van der Waals surface area contributed by atoms with E-state index in [0.29, 0.717) is 12.1 Å². The molecule has 0 heterocycles. The van der Waals surface area contributed by atoms with Crippen LogP contribution in [0.4, 0.5) is 5.69 Å². The Bertz CT molecular complexity index is 535. The summed E-state index contributed by atoms with van der Waals surface area (Å²) in [5.41, 5.74) is 7.87. The minimum Gasteiger partial charge on any atom is -0.381 e. The molecule has 2 aromatic rings. The lowest BCUT2D eigenvalue weighted by Crippen LogP contribution is -2.10. The van der Waals surface area contributed by atoms with Gasteiger partial charge in [-0.3, -0.25) is 4.79 Å². The Balaban J connectivity index is 1.97. The van der Waals surface area contributed by atoms with Crippen molar-refractivity contribution in [1.82, 2.24) is 0 Å². The van der Waals surface area contributed by atoms with Gasteiger partial charge in [-0.15, -0.1) is 0 Å². The summed E-state index contributed by atoms with van der Waals surface area (Å²) in [5, 5.41) is 3.30. The van der Waals surface area contributed by atoms with Crippen molar-refractivity contribution >= 4 is 27.5 Å². The molecule has 0 bridgehead atoms. The molecule has 0 aliphatic heterocycles. The van der Waals surface area contributed by atoms with Gasteiger partial charge in [-0.1, -0.05) is 28.1 Å². The number of nitrogens with one attached hydrogen (secondary N) is 1. The molecule has 0 spiro atoms. The first-order valence-corrected chi connectivity index (χ1v) is 6.32. The minimum atomic E-state index is -0.401. The molecule has 2 aromatic carbocycles. The average molecular weight is 305 g/mol. The van der Waals surface area contributed by atoms with Gasteiger partial charge in [0, 0.05) is 22.3 Å². The molecule has 18 heavy (non-hydrogen) atoms. The number of amides is 1.